The summed E-state index contributed by atoms with van der Waals surface area (Å²) in [5, 5.41) is 4.24. The highest BCUT2D eigenvalue weighted by molar-refractivity contribution is 7.77. The maximum atomic E-state index is 13.9. The highest BCUT2D eigenvalue weighted by Gasteiger charge is 2.41. The van der Waals surface area contributed by atoms with E-state index in [4.69, 9.17) is 4.74 Å². The zero-order valence-corrected chi connectivity index (χ0v) is 16.5. The van der Waals surface area contributed by atoms with Gasteiger partial charge in [0, 0.05) is 42.8 Å². The van der Waals surface area contributed by atoms with E-state index in [1.54, 1.807) is 23.0 Å². The van der Waals surface area contributed by atoms with E-state index < -0.39 is 17.2 Å². The molecule has 0 spiro atoms. The smallest absolute Gasteiger partial charge is 0.248 e. The molecule has 3 rings (SSSR count). The Morgan fingerprint density at radius 3 is 2.75 bits per heavy atom. The van der Waals surface area contributed by atoms with Crippen molar-refractivity contribution in [1.29, 1.82) is 0 Å². The van der Waals surface area contributed by atoms with Gasteiger partial charge in [-0.1, -0.05) is 0 Å². The van der Waals surface area contributed by atoms with Crippen LogP contribution in [0.1, 0.15) is 31.2 Å². The van der Waals surface area contributed by atoms with Crippen LogP contribution in [0.5, 0.6) is 5.75 Å². The van der Waals surface area contributed by atoms with Crippen molar-refractivity contribution in [3.63, 3.8) is 0 Å². The van der Waals surface area contributed by atoms with Gasteiger partial charge in [-0.25, -0.2) is 18.2 Å². The Morgan fingerprint density at radius 2 is 2.11 bits per heavy atom. The van der Waals surface area contributed by atoms with E-state index in [2.05, 4.69) is 9.82 Å². The molecule has 1 saturated carbocycles. The second kappa shape index (κ2) is 9.11. The predicted molar refractivity (Wildman–Crippen MR) is 101 cm³/mol. The molecule has 6 nitrogen and oxygen atoms in total. The number of alkyl halides is 2. The number of hydrogen-bond acceptors (Lipinski definition) is 4. The molecule has 2 aromatic rings. The van der Waals surface area contributed by atoms with Crippen molar-refractivity contribution in [1.82, 2.24) is 14.5 Å². The number of ether oxygens (including phenoxy) is 1. The van der Waals surface area contributed by atoms with Crippen LogP contribution in [0.25, 0.3) is 5.69 Å². The minimum Gasteiger partial charge on any atom is -0.760 e. The molecule has 1 aliphatic rings. The Morgan fingerprint density at radius 1 is 1.36 bits per heavy atom. The summed E-state index contributed by atoms with van der Waals surface area (Å²) >= 11 is -2.33. The lowest BCUT2D eigenvalue weighted by atomic mass is 9.76. The average Bonchev–Trinajstić information content (AvgIpc) is 3.08. The van der Waals surface area contributed by atoms with Gasteiger partial charge in [-0.3, -0.25) is 4.21 Å². The van der Waals surface area contributed by atoms with Gasteiger partial charge < -0.3 is 9.29 Å². The Hall–Kier alpha value is -1.84. The van der Waals surface area contributed by atoms with E-state index in [1.807, 2.05) is 25.3 Å². The number of nitrogens with one attached hydrogen (secondary N) is 1. The van der Waals surface area contributed by atoms with Crippen molar-refractivity contribution in [3.8, 4) is 11.4 Å². The monoisotopic (exact) mass is 412 g/mol. The van der Waals surface area contributed by atoms with Crippen LogP contribution >= 0.6 is 0 Å². The lowest BCUT2D eigenvalue weighted by Crippen LogP contribution is -2.37. The molecule has 0 radical (unpaired) electrons. The summed E-state index contributed by atoms with van der Waals surface area (Å²) in [7, 11) is 0. The minimum absolute atomic E-state index is 0.00185. The Labute approximate surface area is 165 Å². The highest BCUT2D eigenvalue weighted by Crippen LogP contribution is 2.41. The van der Waals surface area contributed by atoms with Gasteiger partial charge in [0.1, 0.15) is 5.75 Å². The SMILES string of the molecule is Cc1cnn(-c2ccc(OCC3CC(F)(F)CCC3CCNS(=O)[O-])cc2)c1. The number of aryl methyl sites for hydroxylation is 1. The van der Waals surface area contributed by atoms with Gasteiger partial charge in [-0.15, -0.1) is 0 Å². The fourth-order valence-corrected chi connectivity index (χ4v) is 3.92. The first kappa shape index (κ1) is 20.9. The van der Waals surface area contributed by atoms with Gasteiger partial charge in [0.25, 0.3) is 0 Å². The van der Waals surface area contributed by atoms with Crippen molar-refractivity contribution in [2.45, 2.75) is 38.5 Å². The first-order valence-electron chi connectivity index (χ1n) is 9.27. The minimum atomic E-state index is -2.69. The summed E-state index contributed by atoms with van der Waals surface area (Å²) in [4.78, 5) is 0. The summed E-state index contributed by atoms with van der Waals surface area (Å²) in [6.07, 6.45) is 4.18. The molecule has 1 heterocycles. The standard InChI is InChI=1S/C19H25F2N3O3S/c1-14-11-22-24(12-14)17-2-4-18(5-3-17)27-13-16-10-19(20,21)8-6-15(16)7-9-23-28(25)26/h2-5,11-12,15-16,23H,6-10,13H2,1H3,(H,25,26)/p-1. The number of aromatic nitrogens is 2. The second-order valence-electron chi connectivity index (χ2n) is 7.30. The Balaban J connectivity index is 1.58. The van der Waals surface area contributed by atoms with Crippen LogP contribution in [0.15, 0.2) is 36.7 Å². The van der Waals surface area contributed by atoms with Crippen LogP contribution in [0.3, 0.4) is 0 Å². The lowest BCUT2D eigenvalue weighted by molar-refractivity contribution is -0.0776. The van der Waals surface area contributed by atoms with E-state index in [0.29, 0.717) is 18.6 Å². The maximum absolute atomic E-state index is 13.9. The first-order chi connectivity index (χ1) is 13.3. The Bertz CT molecular complexity index is 798. The van der Waals surface area contributed by atoms with Crippen LogP contribution < -0.4 is 9.46 Å². The quantitative estimate of drug-likeness (QED) is 0.674. The topological polar surface area (TPSA) is 79.2 Å². The molecule has 0 aliphatic heterocycles. The van der Waals surface area contributed by atoms with E-state index in [-0.39, 0.29) is 37.8 Å². The van der Waals surface area contributed by atoms with Crippen molar-refractivity contribution in [2.24, 2.45) is 11.8 Å². The predicted octanol–water partition coefficient (Wildman–Crippen LogP) is 3.38. The molecule has 0 bridgehead atoms. The van der Waals surface area contributed by atoms with Gasteiger partial charge in [-0.2, -0.15) is 5.10 Å². The van der Waals surface area contributed by atoms with E-state index in [9.17, 15) is 17.5 Å². The Kier molecular flexibility index (Phi) is 6.79. The largest absolute Gasteiger partial charge is 0.760 e. The van der Waals surface area contributed by atoms with E-state index in [1.165, 1.54) is 0 Å². The third-order valence-corrected chi connectivity index (χ3v) is 5.56. The molecule has 3 atom stereocenters. The molecule has 1 fully saturated rings. The summed E-state index contributed by atoms with van der Waals surface area (Å²) in [6.45, 7) is 2.39. The van der Waals surface area contributed by atoms with Crippen LogP contribution in [-0.4, -0.2) is 37.6 Å². The highest BCUT2D eigenvalue weighted by atomic mass is 32.2. The van der Waals surface area contributed by atoms with Crippen LogP contribution in [0.4, 0.5) is 8.78 Å². The van der Waals surface area contributed by atoms with Crippen LogP contribution in [0.2, 0.25) is 0 Å². The summed E-state index contributed by atoms with van der Waals surface area (Å²) in [5.41, 5.74) is 1.94. The molecule has 0 saturated heterocycles. The van der Waals surface area contributed by atoms with E-state index in [0.717, 1.165) is 11.3 Å². The van der Waals surface area contributed by atoms with Crippen molar-refractivity contribution < 1.29 is 22.3 Å². The molecule has 154 valence electrons. The molecule has 1 aromatic carbocycles. The van der Waals surface area contributed by atoms with Gasteiger partial charge >= 0.3 is 0 Å². The fourth-order valence-electron chi connectivity index (χ4n) is 3.64. The molecule has 1 aliphatic carbocycles. The van der Waals surface area contributed by atoms with Crippen molar-refractivity contribution in [3.05, 3.63) is 42.2 Å². The average molecular weight is 412 g/mol. The van der Waals surface area contributed by atoms with Gasteiger partial charge in [0.05, 0.1) is 18.5 Å². The number of benzene rings is 1. The molecule has 1 N–H and O–H groups in total. The van der Waals surface area contributed by atoms with Gasteiger partial charge in [-0.05, 0) is 55.5 Å². The summed E-state index contributed by atoms with van der Waals surface area (Å²) in [5.74, 6) is -2.40. The third-order valence-electron chi connectivity index (χ3n) is 5.12. The number of halogens is 2. The number of rotatable bonds is 8. The van der Waals surface area contributed by atoms with Crippen molar-refractivity contribution in [2.75, 3.05) is 13.2 Å². The fraction of sp³-hybridized carbons (Fsp3) is 0.526. The van der Waals surface area contributed by atoms with Crippen molar-refractivity contribution >= 4 is 11.3 Å². The third kappa shape index (κ3) is 5.83. The first-order valence-corrected chi connectivity index (χ1v) is 10.3. The molecule has 0 amide bonds. The number of nitrogens with zero attached hydrogens (tertiary/aromatic N) is 2. The molecular formula is C19H24F2N3O3S-. The lowest BCUT2D eigenvalue weighted by Gasteiger charge is -2.36. The molecule has 28 heavy (non-hydrogen) atoms. The van der Waals surface area contributed by atoms with Gasteiger partial charge in [0.2, 0.25) is 5.92 Å². The zero-order chi connectivity index (χ0) is 20.1. The normalized spacial score (nSPS) is 22.7. The molecular weight excluding hydrogens is 388 g/mol. The summed E-state index contributed by atoms with van der Waals surface area (Å²) < 4.78 is 58.8. The molecule has 3 unspecified atom stereocenters. The second-order valence-corrected chi connectivity index (χ2v) is 8.06. The summed E-state index contributed by atoms with van der Waals surface area (Å²) in [6, 6.07) is 7.32. The molecule has 1 aromatic heterocycles. The zero-order valence-electron chi connectivity index (χ0n) is 15.6. The van der Waals surface area contributed by atoms with Crippen LogP contribution in [0, 0.1) is 18.8 Å². The molecule has 9 heteroatoms. The maximum Gasteiger partial charge on any atom is 0.248 e. The van der Waals surface area contributed by atoms with Crippen LogP contribution in [-0.2, 0) is 11.3 Å². The van der Waals surface area contributed by atoms with Gasteiger partial charge in [0.15, 0.2) is 0 Å². The van der Waals surface area contributed by atoms with E-state index >= 15 is 0 Å². The number of hydrogen-bond donors (Lipinski definition) is 1.